The number of terminal acetylenes is 1. The van der Waals surface area contributed by atoms with Gasteiger partial charge >= 0.3 is 0 Å². The molecular weight excluding hydrogens is 200 g/mol. The summed E-state index contributed by atoms with van der Waals surface area (Å²) in [6, 6.07) is 8.02. The van der Waals surface area contributed by atoms with Crippen LogP contribution in [-0.2, 0) is 11.2 Å². The molecule has 1 aliphatic rings. The van der Waals surface area contributed by atoms with Crippen LogP contribution in [0.1, 0.15) is 5.56 Å². The van der Waals surface area contributed by atoms with Crippen molar-refractivity contribution in [3.8, 4) is 12.3 Å². The Kier molecular flexibility index (Phi) is 3.23. The molecular formula is C13H14N2O. The van der Waals surface area contributed by atoms with Gasteiger partial charge in [0.15, 0.2) is 0 Å². The van der Waals surface area contributed by atoms with E-state index in [0.29, 0.717) is 13.1 Å². The van der Waals surface area contributed by atoms with E-state index in [1.54, 1.807) is 0 Å². The summed E-state index contributed by atoms with van der Waals surface area (Å²) >= 11 is 0. The number of benzene rings is 1. The van der Waals surface area contributed by atoms with E-state index in [0.717, 1.165) is 18.7 Å². The molecule has 0 spiro atoms. The second kappa shape index (κ2) is 4.82. The van der Waals surface area contributed by atoms with Crippen molar-refractivity contribution in [2.45, 2.75) is 6.42 Å². The van der Waals surface area contributed by atoms with Crippen molar-refractivity contribution in [2.24, 2.45) is 0 Å². The molecule has 0 aliphatic carbocycles. The third kappa shape index (κ3) is 2.07. The highest BCUT2D eigenvalue weighted by atomic mass is 16.2. The maximum atomic E-state index is 11.9. The Labute approximate surface area is 95.5 Å². The van der Waals surface area contributed by atoms with Crippen molar-refractivity contribution in [1.82, 2.24) is 5.32 Å². The number of amides is 1. The summed E-state index contributed by atoms with van der Waals surface area (Å²) in [6.45, 7) is 1.51. The van der Waals surface area contributed by atoms with Crippen LogP contribution >= 0.6 is 0 Å². The Hall–Kier alpha value is -1.79. The normalized spacial score (nSPS) is 13.3. The van der Waals surface area contributed by atoms with E-state index in [1.807, 2.05) is 23.1 Å². The average Bonchev–Trinajstić information content (AvgIpc) is 2.73. The van der Waals surface area contributed by atoms with Gasteiger partial charge in [-0.15, -0.1) is 6.42 Å². The Balaban J connectivity index is 2.02. The zero-order valence-electron chi connectivity index (χ0n) is 9.07. The minimum atomic E-state index is 0.0835. The maximum Gasteiger partial charge on any atom is 0.240 e. The second-order valence-electron chi connectivity index (χ2n) is 3.73. The monoisotopic (exact) mass is 214 g/mol. The van der Waals surface area contributed by atoms with Gasteiger partial charge in [0.1, 0.15) is 0 Å². The van der Waals surface area contributed by atoms with Crippen molar-refractivity contribution in [3.05, 3.63) is 29.8 Å². The number of hydrogen-bond acceptors (Lipinski definition) is 2. The first-order chi connectivity index (χ1) is 7.83. The summed E-state index contributed by atoms with van der Waals surface area (Å²) in [5, 5.41) is 2.92. The number of nitrogens with zero attached hydrogens (tertiary/aromatic N) is 1. The van der Waals surface area contributed by atoms with E-state index in [4.69, 9.17) is 6.42 Å². The molecule has 0 unspecified atom stereocenters. The number of carbonyl (C=O) groups is 1. The molecule has 0 aromatic heterocycles. The minimum Gasteiger partial charge on any atom is -0.311 e. The van der Waals surface area contributed by atoms with Gasteiger partial charge in [-0.3, -0.25) is 10.1 Å². The van der Waals surface area contributed by atoms with Crippen LogP contribution in [0.2, 0.25) is 0 Å². The average molecular weight is 214 g/mol. The third-order valence-electron chi connectivity index (χ3n) is 2.69. The summed E-state index contributed by atoms with van der Waals surface area (Å²) in [6.07, 6.45) is 6.05. The second-order valence-corrected chi connectivity index (χ2v) is 3.73. The van der Waals surface area contributed by atoms with Crippen molar-refractivity contribution in [1.29, 1.82) is 0 Å². The van der Waals surface area contributed by atoms with Gasteiger partial charge in [0.25, 0.3) is 0 Å². The van der Waals surface area contributed by atoms with Gasteiger partial charge in [-0.1, -0.05) is 24.1 Å². The molecule has 1 amide bonds. The van der Waals surface area contributed by atoms with E-state index in [2.05, 4.69) is 17.3 Å². The SMILES string of the molecule is C#CCNCC(=O)N1CCc2ccccc21. The molecule has 0 atom stereocenters. The van der Waals surface area contributed by atoms with Crippen LogP contribution in [0.15, 0.2) is 24.3 Å². The summed E-state index contributed by atoms with van der Waals surface area (Å²) < 4.78 is 0. The fraction of sp³-hybridized carbons (Fsp3) is 0.308. The van der Waals surface area contributed by atoms with E-state index < -0.39 is 0 Å². The first-order valence-electron chi connectivity index (χ1n) is 5.35. The van der Waals surface area contributed by atoms with Gasteiger partial charge in [0.2, 0.25) is 5.91 Å². The molecule has 1 aromatic carbocycles. The Bertz CT molecular complexity index is 434. The smallest absolute Gasteiger partial charge is 0.240 e. The molecule has 0 saturated heterocycles. The molecule has 1 N–H and O–H groups in total. The zero-order chi connectivity index (χ0) is 11.4. The fourth-order valence-corrected chi connectivity index (χ4v) is 1.93. The Morgan fingerprint density at radius 3 is 3.12 bits per heavy atom. The molecule has 1 aromatic rings. The van der Waals surface area contributed by atoms with Crippen molar-refractivity contribution in [3.63, 3.8) is 0 Å². The fourth-order valence-electron chi connectivity index (χ4n) is 1.93. The van der Waals surface area contributed by atoms with Crippen molar-refractivity contribution in [2.75, 3.05) is 24.5 Å². The lowest BCUT2D eigenvalue weighted by molar-refractivity contribution is -0.117. The molecule has 0 radical (unpaired) electrons. The Morgan fingerprint density at radius 2 is 2.31 bits per heavy atom. The topological polar surface area (TPSA) is 32.3 Å². The van der Waals surface area contributed by atoms with Crippen molar-refractivity contribution < 1.29 is 4.79 Å². The predicted octanol–water partition coefficient (Wildman–Crippen LogP) is 0.798. The molecule has 3 heteroatoms. The number of hydrogen-bond donors (Lipinski definition) is 1. The van der Waals surface area contributed by atoms with Gasteiger partial charge < -0.3 is 4.90 Å². The largest absolute Gasteiger partial charge is 0.311 e. The van der Waals surface area contributed by atoms with Crippen molar-refractivity contribution >= 4 is 11.6 Å². The van der Waals surface area contributed by atoms with Gasteiger partial charge in [-0.2, -0.15) is 0 Å². The van der Waals surface area contributed by atoms with E-state index in [9.17, 15) is 4.79 Å². The van der Waals surface area contributed by atoms with Crippen LogP contribution in [0.5, 0.6) is 0 Å². The lowest BCUT2D eigenvalue weighted by Gasteiger charge is -2.17. The van der Waals surface area contributed by atoms with Gasteiger partial charge in [0, 0.05) is 12.2 Å². The number of rotatable bonds is 3. The first kappa shape index (κ1) is 10.7. The van der Waals surface area contributed by atoms with Crippen LogP contribution in [-0.4, -0.2) is 25.5 Å². The first-order valence-corrected chi connectivity index (χ1v) is 5.35. The van der Waals surface area contributed by atoms with E-state index in [1.165, 1.54) is 5.56 Å². The molecule has 2 rings (SSSR count). The van der Waals surface area contributed by atoms with Gasteiger partial charge in [-0.05, 0) is 18.1 Å². The molecule has 0 bridgehead atoms. The van der Waals surface area contributed by atoms with Crippen LogP contribution in [0.25, 0.3) is 0 Å². The summed E-state index contributed by atoms with van der Waals surface area (Å²) in [5.74, 6) is 2.53. The lowest BCUT2D eigenvalue weighted by Crippen LogP contribution is -2.37. The van der Waals surface area contributed by atoms with E-state index >= 15 is 0 Å². The highest BCUT2D eigenvalue weighted by Gasteiger charge is 2.23. The number of carbonyl (C=O) groups excluding carboxylic acids is 1. The van der Waals surface area contributed by atoms with Crippen LogP contribution in [0, 0.1) is 12.3 Å². The molecule has 1 heterocycles. The Morgan fingerprint density at radius 1 is 1.50 bits per heavy atom. The third-order valence-corrected chi connectivity index (χ3v) is 2.69. The number of nitrogens with one attached hydrogen (secondary N) is 1. The summed E-state index contributed by atoms with van der Waals surface area (Å²) in [7, 11) is 0. The molecule has 0 saturated carbocycles. The van der Waals surface area contributed by atoms with Gasteiger partial charge in [0.05, 0.1) is 13.1 Å². The van der Waals surface area contributed by atoms with Gasteiger partial charge in [-0.25, -0.2) is 0 Å². The molecule has 16 heavy (non-hydrogen) atoms. The summed E-state index contributed by atoms with van der Waals surface area (Å²) in [4.78, 5) is 13.7. The lowest BCUT2D eigenvalue weighted by atomic mass is 10.2. The van der Waals surface area contributed by atoms with Crippen LogP contribution in [0.3, 0.4) is 0 Å². The van der Waals surface area contributed by atoms with Crippen LogP contribution in [0.4, 0.5) is 5.69 Å². The highest BCUT2D eigenvalue weighted by molar-refractivity contribution is 5.96. The zero-order valence-corrected chi connectivity index (χ0v) is 9.07. The predicted molar refractivity (Wildman–Crippen MR) is 64.2 cm³/mol. The molecule has 3 nitrogen and oxygen atoms in total. The summed E-state index contributed by atoms with van der Waals surface area (Å²) in [5.41, 5.74) is 2.28. The van der Waals surface area contributed by atoms with Crippen LogP contribution < -0.4 is 10.2 Å². The standard InChI is InChI=1S/C13H14N2O/c1-2-8-14-10-13(16)15-9-7-11-5-3-4-6-12(11)15/h1,3-6,14H,7-10H2. The molecule has 82 valence electrons. The minimum absolute atomic E-state index is 0.0835. The number of anilines is 1. The highest BCUT2D eigenvalue weighted by Crippen LogP contribution is 2.27. The number of para-hydroxylation sites is 1. The maximum absolute atomic E-state index is 11.9. The van der Waals surface area contributed by atoms with E-state index in [-0.39, 0.29) is 5.91 Å². The quantitative estimate of drug-likeness (QED) is 0.596. The molecule has 0 fully saturated rings. The number of fused-ring (bicyclic) bond motifs is 1. The molecule has 1 aliphatic heterocycles.